The van der Waals surface area contributed by atoms with Crippen molar-refractivity contribution in [3.8, 4) is 0 Å². The molecule has 0 aliphatic rings. The minimum absolute atomic E-state index is 0.412. The fourth-order valence-electron chi connectivity index (χ4n) is 2.55. The largest absolute Gasteiger partial charge is 0.390 e. The van der Waals surface area contributed by atoms with Crippen molar-refractivity contribution in [1.82, 2.24) is 10.8 Å². The first-order valence-corrected chi connectivity index (χ1v) is 9.00. The highest BCUT2D eigenvalue weighted by Crippen LogP contribution is 2.08. The summed E-state index contributed by atoms with van der Waals surface area (Å²) in [6, 6.07) is 18.2. The Hall–Kier alpha value is -2.21. The molecule has 0 saturated carbocycles. The van der Waals surface area contributed by atoms with Crippen molar-refractivity contribution in [3.63, 3.8) is 0 Å². The van der Waals surface area contributed by atoms with Crippen LogP contribution in [0.5, 0.6) is 0 Å². The van der Waals surface area contributed by atoms with Gasteiger partial charge in [0.05, 0.1) is 17.7 Å². The average molecular weight is 356 g/mol. The van der Waals surface area contributed by atoms with Gasteiger partial charge in [-0.1, -0.05) is 62.4 Å². The molecule has 5 heteroatoms. The molecule has 0 bridgehead atoms. The summed E-state index contributed by atoms with van der Waals surface area (Å²) in [4.78, 5) is 17.4. The molecule has 26 heavy (non-hydrogen) atoms. The second kappa shape index (κ2) is 10.7. The van der Waals surface area contributed by atoms with Crippen LogP contribution in [-0.2, 0) is 11.3 Å². The SMILES string of the molecule is CC(C)CNCC(O)C(Cc1ccccc1)NOC(=O)c1ccccc1. The van der Waals surface area contributed by atoms with Gasteiger partial charge in [0, 0.05) is 6.54 Å². The molecule has 0 spiro atoms. The third-order valence-electron chi connectivity index (χ3n) is 3.98. The predicted molar refractivity (Wildman–Crippen MR) is 103 cm³/mol. The van der Waals surface area contributed by atoms with Crippen LogP contribution in [0.25, 0.3) is 0 Å². The zero-order chi connectivity index (χ0) is 18.8. The predicted octanol–water partition coefficient (Wildman–Crippen LogP) is 2.57. The molecular formula is C21H28N2O3. The highest BCUT2D eigenvalue weighted by atomic mass is 16.7. The normalized spacial score (nSPS) is 13.4. The van der Waals surface area contributed by atoms with Gasteiger partial charge in [-0.15, -0.1) is 5.48 Å². The molecule has 0 fully saturated rings. The molecule has 2 rings (SSSR count). The van der Waals surface area contributed by atoms with E-state index < -0.39 is 18.1 Å². The van der Waals surface area contributed by atoms with E-state index in [4.69, 9.17) is 4.84 Å². The number of hydrogen-bond acceptors (Lipinski definition) is 5. The van der Waals surface area contributed by atoms with E-state index in [0.29, 0.717) is 24.4 Å². The topological polar surface area (TPSA) is 70.6 Å². The summed E-state index contributed by atoms with van der Waals surface area (Å²) < 4.78 is 0. The van der Waals surface area contributed by atoms with E-state index in [1.807, 2.05) is 36.4 Å². The van der Waals surface area contributed by atoms with Crippen LogP contribution in [0.1, 0.15) is 29.8 Å². The summed E-state index contributed by atoms with van der Waals surface area (Å²) in [5.74, 6) is 0.0321. The smallest absolute Gasteiger partial charge is 0.356 e. The first-order valence-electron chi connectivity index (χ1n) is 9.00. The number of aliphatic hydroxyl groups excluding tert-OH is 1. The first-order chi connectivity index (χ1) is 12.6. The number of carbonyl (C=O) groups is 1. The Morgan fingerprint density at radius 3 is 2.23 bits per heavy atom. The average Bonchev–Trinajstić information content (AvgIpc) is 2.66. The Bertz CT molecular complexity index is 647. The van der Waals surface area contributed by atoms with Crippen LogP contribution >= 0.6 is 0 Å². The Labute approximate surface area is 155 Å². The lowest BCUT2D eigenvalue weighted by Crippen LogP contribution is -2.47. The highest BCUT2D eigenvalue weighted by Gasteiger charge is 2.21. The van der Waals surface area contributed by atoms with E-state index >= 15 is 0 Å². The molecule has 5 nitrogen and oxygen atoms in total. The number of benzene rings is 2. The van der Waals surface area contributed by atoms with Crippen molar-refractivity contribution in [2.75, 3.05) is 13.1 Å². The minimum atomic E-state index is -0.697. The Balaban J connectivity index is 1.96. The Morgan fingerprint density at radius 1 is 1.00 bits per heavy atom. The van der Waals surface area contributed by atoms with Gasteiger partial charge in [-0.25, -0.2) is 4.79 Å². The second-order valence-electron chi connectivity index (χ2n) is 6.79. The number of nitrogens with one attached hydrogen (secondary N) is 2. The molecule has 2 atom stereocenters. The van der Waals surface area contributed by atoms with Gasteiger partial charge in [-0.2, -0.15) is 0 Å². The van der Waals surface area contributed by atoms with E-state index in [-0.39, 0.29) is 0 Å². The summed E-state index contributed by atoms with van der Waals surface area (Å²) in [5, 5.41) is 13.8. The molecule has 0 aliphatic carbocycles. The summed E-state index contributed by atoms with van der Waals surface area (Å²) in [5.41, 5.74) is 4.29. The second-order valence-corrected chi connectivity index (χ2v) is 6.79. The zero-order valence-corrected chi connectivity index (χ0v) is 15.4. The third-order valence-corrected chi connectivity index (χ3v) is 3.98. The van der Waals surface area contributed by atoms with E-state index in [9.17, 15) is 9.90 Å². The van der Waals surface area contributed by atoms with Gasteiger partial charge < -0.3 is 15.3 Å². The van der Waals surface area contributed by atoms with E-state index in [1.165, 1.54) is 0 Å². The Kier molecular flexibility index (Phi) is 8.28. The molecule has 0 aromatic heterocycles. The van der Waals surface area contributed by atoms with Gasteiger partial charge in [0.15, 0.2) is 0 Å². The van der Waals surface area contributed by atoms with Crippen LogP contribution < -0.4 is 10.8 Å². The van der Waals surface area contributed by atoms with E-state index in [1.54, 1.807) is 24.3 Å². The lowest BCUT2D eigenvalue weighted by molar-refractivity contribution is -0.00665. The monoisotopic (exact) mass is 356 g/mol. The Morgan fingerprint density at radius 2 is 1.62 bits per heavy atom. The fourth-order valence-corrected chi connectivity index (χ4v) is 2.55. The number of rotatable bonds is 10. The molecule has 3 N–H and O–H groups in total. The van der Waals surface area contributed by atoms with Gasteiger partial charge in [0.25, 0.3) is 0 Å². The molecule has 0 aliphatic heterocycles. The summed E-state index contributed by atoms with van der Waals surface area (Å²) in [7, 11) is 0. The molecular weight excluding hydrogens is 328 g/mol. The molecule has 140 valence electrons. The quantitative estimate of drug-likeness (QED) is 0.571. The van der Waals surface area contributed by atoms with Crippen LogP contribution in [0.2, 0.25) is 0 Å². The van der Waals surface area contributed by atoms with Crippen molar-refractivity contribution in [2.24, 2.45) is 5.92 Å². The van der Waals surface area contributed by atoms with Crippen molar-refractivity contribution in [3.05, 3.63) is 71.8 Å². The van der Waals surface area contributed by atoms with Crippen LogP contribution in [0.3, 0.4) is 0 Å². The van der Waals surface area contributed by atoms with Gasteiger partial charge >= 0.3 is 5.97 Å². The van der Waals surface area contributed by atoms with E-state index in [2.05, 4.69) is 24.6 Å². The van der Waals surface area contributed by atoms with Crippen LogP contribution in [0.15, 0.2) is 60.7 Å². The van der Waals surface area contributed by atoms with Gasteiger partial charge in [-0.05, 0) is 36.6 Å². The van der Waals surface area contributed by atoms with Crippen LogP contribution in [0.4, 0.5) is 0 Å². The van der Waals surface area contributed by atoms with Crippen molar-refractivity contribution < 1.29 is 14.7 Å². The van der Waals surface area contributed by atoms with Crippen LogP contribution in [-0.4, -0.2) is 36.3 Å². The van der Waals surface area contributed by atoms with E-state index in [0.717, 1.165) is 12.1 Å². The lowest BCUT2D eigenvalue weighted by Gasteiger charge is -2.24. The number of hydrogen-bond donors (Lipinski definition) is 3. The maximum absolute atomic E-state index is 12.1. The molecule has 0 saturated heterocycles. The molecule has 2 aromatic rings. The first kappa shape index (κ1) is 20.1. The standard InChI is InChI=1S/C21H28N2O3/c1-16(2)14-22-15-20(24)19(13-17-9-5-3-6-10-17)23-26-21(25)18-11-7-4-8-12-18/h3-12,16,19-20,22-24H,13-15H2,1-2H3. The third kappa shape index (κ3) is 6.96. The minimum Gasteiger partial charge on any atom is -0.390 e. The van der Waals surface area contributed by atoms with Gasteiger partial charge in [0.1, 0.15) is 0 Å². The maximum Gasteiger partial charge on any atom is 0.356 e. The highest BCUT2D eigenvalue weighted by molar-refractivity contribution is 5.89. The van der Waals surface area contributed by atoms with Gasteiger partial charge in [-0.3, -0.25) is 0 Å². The van der Waals surface area contributed by atoms with Crippen LogP contribution in [0, 0.1) is 5.92 Å². The molecule has 0 amide bonds. The zero-order valence-electron chi connectivity index (χ0n) is 15.4. The van der Waals surface area contributed by atoms with Crippen molar-refractivity contribution in [1.29, 1.82) is 0 Å². The summed E-state index contributed by atoms with van der Waals surface area (Å²) >= 11 is 0. The fraction of sp³-hybridized carbons (Fsp3) is 0.381. The summed E-state index contributed by atoms with van der Waals surface area (Å²) in [6.07, 6.45) is -0.148. The summed E-state index contributed by atoms with van der Waals surface area (Å²) in [6.45, 7) is 5.46. The van der Waals surface area contributed by atoms with Crippen molar-refractivity contribution >= 4 is 5.97 Å². The van der Waals surface area contributed by atoms with Crippen molar-refractivity contribution in [2.45, 2.75) is 32.4 Å². The lowest BCUT2D eigenvalue weighted by atomic mass is 10.0. The molecule has 0 heterocycles. The van der Waals surface area contributed by atoms with Gasteiger partial charge in [0.2, 0.25) is 0 Å². The number of aliphatic hydroxyl groups is 1. The maximum atomic E-state index is 12.1. The molecule has 2 aromatic carbocycles. The number of hydroxylamine groups is 1. The molecule has 2 unspecified atom stereocenters. The molecule has 0 radical (unpaired) electrons. The number of carbonyl (C=O) groups excluding carboxylic acids is 1.